The summed E-state index contributed by atoms with van der Waals surface area (Å²) in [5.74, 6) is -4.09. The summed E-state index contributed by atoms with van der Waals surface area (Å²) in [7, 11) is 0. The van der Waals surface area contributed by atoms with Gasteiger partial charge in [0.25, 0.3) is 5.92 Å². The van der Waals surface area contributed by atoms with Gasteiger partial charge in [-0.2, -0.15) is 0 Å². The molecule has 3 atom stereocenters. The van der Waals surface area contributed by atoms with Gasteiger partial charge in [0.2, 0.25) is 5.91 Å². The normalized spacial score (nSPS) is 32.6. The minimum absolute atomic E-state index is 0.147. The maximum Gasteiger partial charge on any atom is 0.259 e. The Morgan fingerprint density at radius 1 is 1.38 bits per heavy atom. The number of carbonyl (C=O) groups is 1. The minimum Gasteiger partial charge on any atom is -0.332 e. The second-order valence-electron chi connectivity index (χ2n) is 6.32. The van der Waals surface area contributed by atoms with E-state index in [1.807, 2.05) is 0 Å². The van der Waals surface area contributed by atoms with Gasteiger partial charge in [-0.05, 0) is 37.8 Å². The van der Waals surface area contributed by atoms with E-state index in [1.165, 1.54) is 24.1 Å². The molecule has 0 N–H and O–H groups in total. The van der Waals surface area contributed by atoms with Crippen LogP contribution < -0.4 is 0 Å². The highest BCUT2D eigenvalue weighted by Crippen LogP contribution is 2.54. The summed E-state index contributed by atoms with van der Waals surface area (Å²) in [6.45, 7) is 2.13. The lowest BCUT2D eigenvalue weighted by atomic mass is 9.80. The average Bonchev–Trinajstić information content (AvgIpc) is 2.89. The van der Waals surface area contributed by atoms with Crippen LogP contribution in [-0.2, 0) is 4.79 Å². The monoisotopic (exact) mass is 298 g/mol. The molecule has 1 aromatic heterocycles. The topological polar surface area (TPSA) is 33.2 Å². The summed E-state index contributed by atoms with van der Waals surface area (Å²) >= 11 is 0. The Balaban J connectivity index is 1.95. The van der Waals surface area contributed by atoms with Crippen LogP contribution in [0, 0.1) is 11.2 Å². The molecule has 0 aromatic carbocycles. The molecule has 2 saturated heterocycles. The maximum atomic E-state index is 13.8. The molecule has 0 unspecified atom stereocenters. The first-order valence-electron chi connectivity index (χ1n) is 7.05. The number of amides is 1. The van der Waals surface area contributed by atoms with E-state index >= 15 is 0 Å². The molecule has 0 spiro atoms. The summed E-state index contributed by atoms with van der Waals surface area (Å²) in [5, 5.41) is 0. The first-order chi connectivity index (χ1) is 9.74. The van der Waals surface area contributed by atoms with Crippen molar-refractivity contribution in [3.05, 3.63) is 29.8 Å². The first kappa shape index (κ1) is 14.4. The first-order valence-corrected chi connectivity index (χ1v) is 7.05. The summed E-state index contributed by atoms with van der Waals surface area (Å²) in [6.07, 6.45) is 4.06. The maximum absolute atomic E-state index is 13.8. The van der Waals surface area contributed by atoms with E-state index in [0.29, 0.717) is 18.4 Å². The summed E-state index contributed by atoms with van der Waals surface area (Å²) in [5.41, 5.74) is -1.09. The van der Waals surface area contributed by atoms with E-state index in [-0.39, 0.29) is 18.5 Å². The fourth-order valence-electron chi connectivity index (χ4n) is 3.54. The Bertz CT molecular complexity index is 587. The number of hydrogen-bond donors (Lipinski definition) is 0. The molecule has 2 aliphatic heterocycles. The number of pyridine rings is 1. The van der Waals surface area contributed by atoms with Crippen molar-refractivity contribution in [3.63, 3.8) is 0 Å². The standard InChI is InChI=1S/C15H17F3N2O/c1-14(15(2,17)18)6-11-3-4-12(20(11)13(14)21)9-5-10(16)8-19-7-9/h5,7-8,11-12H,3-4,6H2,1-2H3/t11-,12-,14+/m1/s1. The number of carbonyl (C=O) groups excluding carboxylic acids is 1. The van der Waals surface area contributed by atoms with Crippen LogP contribution in [0.3, 0.4) is 0 Å². The fraction of sp³-hybridized carbons (Fsp3) is 0.600. The van der Waals surface area contributed by atoms with Crippen molar-refractivity contribution >= 4 is 5.91 Å². The van der Waals surface area contributed by atoms with Crippen molar-refractivity contribution in [1.29, 1.82) is 0 Å². The van der Waals surface area contributed by atoms with Crippen LogP contribution in [0.4, 0.5) is 13.2 Å². The minimum atomic E-state index is -3.07. The van der Waals surface area contributed by atoms with Crippen molar-refractivity contribution in [3.8, 4) is 0 Å². The van der Waals surface area contributed by atoms with Crippen LogP contribution in [0.1, 0.15) is 44.7 Å². The van der Waals surface area contributed by atoms with Crippen LogP contribution in [0.25, 0.3) is 0 Å². The van der Waals surface area contributed by atoms with E-state index in [1.54, 1.807) is 0 Å². The number of rotatable bonds is 2. The number of alkyl halides is 2. The average molecular weight is 298 g/mol. The van der Waals surface area contributed by atoms with Crippen LogP contribution >= 0.6 is 0 Å². The highest BCUT2D eigenvalue weighted by molar-refractivity contribution is 5.87. The second kappa shape index (κ2) is 4.45. The Hall–Kier alpha value is -1.59. The van der Waals surface area contributed by atoms with E-state index in [2.05, 4.69) is 4.98 Å². The van der Waals surface area contributed by atoms with Gasteiger partial charge in [-0.1, -0.05) is 0 Å². The molecule has 21 heavy (non-hydrogen) atoms. The molecule has 3 rings (SSSR count). The number of aromatic nitrogens is 1. The van der Waals surface area contributed by atoms with Crippen molar-refractivity contribution in [2.45, 2.75) is 51.1 Å². The highest BCUT2D eigenvalue weighted by Gasteiger charge is 2.62. The van der Waals surface area contributed by atoms with Crippen molar-refractivity contribution in [1.82, 2.24) is 9.88 Å². The number of fused-ring (bicyclic) bond motifs is 1. The van der Waals surface area contributed by atoms with Gasteiger partial charge in [-0.15, -0.1) is 0 Å². The van der Waals surface area contributed by atoms with Crippen molar-refractivity contribution < 1.29 is 18.0 Å². The van der Waals surface area contributed by atoms with Gasteiger partial charge in [-0.3, -0.25) is 9.78 Å². The number of halogens is 3. The lowest BCUT2D eigenvalue weighted by Gasteiger charge is -2.31. The van der Waals surface area contributed by atoms with Crippen molar-refractivity contribution in [2.24, 2.45) is 5.41 Å². The zero-order valence-electron chi connectivity index (χ0n) is 11.9. The fourth-order valence-corrected chi connectivity index (χ4v) is 3.54. The quantitative estimate of drug-likeness (QED) is 0.839. The Morgan fingerprint density at radius 3 is 2.71 bits per heavy atom. The molecule has 114 valence electrons. The molecule has 2 fully saturated rings. The number of hydrogen-bond acceptors (Lipinski definition) is 2. The van der Waals surface area contributed by atoms with Gasteiger partial charge in [0.15, 0.2) is 0 Å². The largest absolute Gasteiger partial charge is 0.332 e. The molecule has 0 saturated carbocycles. The zero-order chi connectivity index (χ0) is 15.4. The molecular weight excluding hydrogens is 281 g/mol. The summed E-state index contributed by atoms with van der Waals surface area (Å²) < 4.78 is 41.0. The van der Waals surface area contributed by atoms with Gasteiger partial charge in [0, 0.05) is 19.2 Å². The number of nitrogens with zero attached hydrogens (tertiary/aromatic N) is 2. The molecule has 1 amide bonds. The summed E-state index contributed by atoms with van der Waals surface area (Å²) in [6, 6.07) is 0.782. The summed E-state index contributed by atoms with van der Waals surface area (Å²) in [4.78, 5) is 17.9. The molecule has 2 aliphatic rings. The Morgan fingerprint density at radius 2 is 2.10 bits per heavy atom. The Labute approximate surface area is 121 Å². The third-order valence-electron chi connectivity index (χ3n) is 4.93. The van der Waals surface area contributed by atoms with Gasteiger partial charge in [-0.25, -0.2) is 13.2 Å². The van der Waals surface area contributed by atoms with Crippen LogP contribution in [0.15, 0.2) is 18.5 Å². The smallest absolute Gasteiger partial charge is 0.259 e. The lowest BCUT2D eigenvalue weighted by Crippen LogP contribution is -2.44. The van der Waals surface area contributed by atoms with Gasteiger partial charge < -0.3 is 4.90 Å². The lowest BCUT2D eigenvalue weighted by molar-refractivity contribution is -0.156. The van der Waals surface area contributed by atoms with Gasteiger partial charge in [0.1, 0.15) is 11.2 Å². The zero-order valence-corrected chi connectivity index (χ0v) is 11.9. The molecule has 0 radical (unpaired) electrons. The van der Waals surface area contributed by atoms with Crippen molar-refractivity contribution in [2.75, 3.05) is 0 Å². The molecule has 3 heterocycles. The molecule has 0 aliphatic carbocycles. The Kier molecular flexibility index (Phi) is 3.04. The molecule has 1 aromatic rings. The molecule has 6 heteroatoms. The third-order valence-corrected chi connectivity index (χ3v) is 4.93. The van der Waals surface area contributed by atoms with E-state index in [4.69, 9.17) is 0 Å². The predicted octanol–water partition coefficient (Wildman–Crippen LogP) is 3.32. The van der Waals surface area contributed by atoms with E-state index < -0.39 is 23.1 Å². The second-order valence-corrected chi connectivity index (χ2v) is 6.32. The molecule has 0 bridgehead atoms. The van der Waals surface area contributed by atoms with E-state index in [9.17, 15) is 18.0 Å². The highest BCUT2D eigenvalue weighted by atomic mass is 19.3. The van der Waals surface area contributed by atoms with Gasteiger partial charge >= 0.3 is 0 Å². The van der Waals surface area contributed by atoms with Crippen LogP contribution in [-0.4, -0.2) is 27.8 Å². The third kappa shape index (κ3) is 2.03. The SMILES string of the molecule is CC(F)(F)[C@@]1(C)C[C@H]2CC[C@H](c3cncc(F)c3)N2C1=O. The molecular formula is C15H17F3N2O. The predicted molar refractivity (Wildman–Crippen MR) is 70.1 cm³/mol. The van der Waals surface area contributed by atoms with Gasteiger partial charge in [0.05, 0.1) is 12.2 Å². The van der Waals surface area contributed by atoms with E-state index in [0.717, 1.165) is 13.1 Å². The van der Waals surface area contributed by atoms with Crippen LogP contribution in [0.5, 0.6) is 0 Å². The molecule has 3 nitrogen and oxygen atoms in total. The van der Waals surface area contributed by atoms with Crippen LogP contribution in [0.2, 0.25) is 0 Å².